The first-order chi connectivity index (χ1) is 14.2. The predicted molar refractivity (Wildman–Crippen MR) is 108 cm³/mol. The van der Waals surface area contributed by atoms with Crippen LogP contribution < -0.4 is 0 Å². The standard InChI is InChI=1S/C21H21N7O/c1-3-27-13-23-24-20(27)19-16-12-28(10-8-18(16)26(2)25-19)21(29)15-6-7-17-14(11-15)5-4-9-22-17/h4-7,9,11,13H,3,8,10,12H2,1-2H3. The van der Waals surface area contributed by atoms with E-state index in [0.29, 0.717) is 18.7 Å². The van der Waals surface area contributed by atoms with Crippen molar-refractivity contribution >= 4 is 16.8 Å². The summed E-state index contributed by atoms with van der Waals surface area (Å²) in [6, 6.07) is 9.53. The lowest BCUT2D eigenvalue weighted by Crippen LogP contribution is -2.36. The molecular formula is C21H21N7O. The van der Waals surface area contributed by atoms with Gasteiger partial charge in [0.15, 0.2) is 5.82 Å². The Morgan fingerprint density at radius 3 is 3.00 bits per heavy atom. The molecule has 0 N–H and O–H groups in total. The van der Waals surface area contributed by atoms with Crippen LogP contribution in [0.5, 0.6) is 0 Å². The number of nitrogens with zero attached hydrogens (tertiary/aromatic N) is 7. The highest BCUT2D eigenvalue weighted by atomic mass is 16.2. The van der Waals surface area contributed by atoms with Gasteiger partial charge in [-0.1, -0.05) is 6.07 Å². The van der Waals surface area contributed by atoms with Gasteiger partial charge in [0.1, 0.15) is 12.0 Å². The molecule has 0 bridgehead atoms. The zero-order valence-electron chi connectivity index (χ0n) is 16.4. The van der Waals surface area contributed by atoms with Crippen LogP contribution in [0.15, 0.2) is 42.9 Å². The summed E-state index contributed by atoms with van der Waals surface area (Å²) in [6.45, 7) is 3.99. The predicted octanol–water partition coefficient (Wildman–Crippen LogP) is 2.45. The highest BCUT2D eigenvalue weighted by Gasteiger charge is 2.29. The van der Waals surface area contributed by atoms with Crippen LogP contribution in [0.2, 0.25) is 0 Å². The van der Waals surface area contributed by atoms with Crippen molar-refractivity contribution in [3.63, 3.8) is 0 Å². The molecule has 1 amide bonds. The van der Waals surface area contributed by atoms with Gasteiger partial charge in [0.2, 0.25) is 0 Å². The van der Waals surface area contributed by atoms with Crippen LogP contribution in [0.25, 0.3) is 22.4 Å². The maximum absolute atomic E-state index is 13.2. The number of rotatable bonds is 3. The van der Waals surface area contributed by atoms with Crippen molar-refractivity contribution in [1.29, 1.82) is 0 Å². The van der Waals surface area contributed by atoms with E-state index in [-0.39, 0.29) is 5.91 Å². The van der Waals surface area contributed by atoms with Crippen LogP contribution in [-0.4, -0.2) is 46.9 Å². The highest BCUT2D eigenvalue weighted by molar-refractivity contribution is 5.98. The molecule has 3 aromatic heterocycles. The summed E-state index contributed by atoms with van der Waals surface area (Å²) in [7, 11) is 1.95. The number of aromatic nitrogens is 6. The van der Waals surface area contributed by atoms with Gasteiger partial charge in [-0.15, -0.1) is 10.2 Å². The molecule has 0 aliphatic carbocycles. The average molecular weight is 387 g/mol. The molecule has 1 aliphatic rings. The SMILES string of the molecule is CCn1cnnc1-c1nn(C)c2c1CN(C(=O)c1ccc3ncccc3c1)CC2. The van der Waals surface area contributed by atoms with Gasteiger partial charge in [-0.3, -0.25) is 14.5 Å². The van der Waals surface area contributed by atoms with Gasteiger partial charge < -0.3 is 9.47 Å². The lowest BCUT2D eigenvalue weighted by molar-refractivity contribution is 0.0734. The molecule has 8 heteroatoms. The summed E-state index contributed by atoms with van der Waals surface area (Å²) < 4.78 is 3.88. The molecule has 5 rings (SSSR count). The van der Waals surface area contributed by atoms with Gasteiger partial charge in [-0.2, -0.15) is 5.10 Å². The lowest BCUT2D eigenvalue weighted by Gasteiger charge is -2.28. The van der Waals surface area contributed by atoms with Gasteiger partial charge in [-0.05, 0) is 31.2 Å². The molecule has 0 atom stereocenters. The third-order valence-electron chi connectivity index (χ3n) is 5.55. The number of aryl methyl sites for hydroxylation is 2. The zero-order valence-corrected chi connectivity index (χ0v) is 16.4. The first-order valence-electron chi connectivity index (χ1n) is 9.72. The first kappa shape index (κ1) is 17.5. The molecule has 0 spiro atoms. The van der Waals surface area contributed by atoms with Crippen molar-refractivity contribution in [2.24, 2.45) is 7.05 Å². The summed E-state index contributed by atoms with van der Waals surface area (Å²) in [6.07, 6.45) is 4.24. The molecule has 0 saturated heterocycles. The van der Waals surface area contributed by atoms with E-state index in [1.807, 2.05) is 58.5 Å². The second-order valence-corrected chi connectivity index (χ2v) is 7.23. The van der Waals surface area contributed by atoms with Crippen LogP contribution in [0.4, 0.5) is 0 Å². The van der Waals surface area contributed by atoms with E-state index in [1.165, 1.54) is 0 Å². The second kappa shape index (κ2) is 6.80. The fourth-order valence-corrected chi connectivity index (χ4v) is 4.01. The van der Waals surface area contributed by atoms with Gasteiger partial charge in [0.05, 0.1) is 12.1 Å². The fraction of sp³-hybridized carbons (Fsp3) is 0.286. The Hall–Kier alpha value is -3.55. The number of carbonyl (C=O) groups excluding carboxylic acids is 1. The van der Waals surface area contributed by atoms with Gasteiger partial charge >= 0.3 is 0 Å². The quantitative estimate of drug-likeness (QED) is 0.539. The maximum atomic E-state index is 13.2. The van der Waals surface area contributed by atoms with Crippen molar-refractivity contribution in [2.75, 3.05) is 6.54 Å². The Balaban J connectivity index is 1.49. The summed E-state index contributed by atoms with van der Waals surface area (Å²) in [4.78, 5) is 19.4. The number of carbonyl (C=O) groups is 1. The number of hydrogen-bond donors (Lipinski definition) is 0. The molecule has 8 nitrogen and oxygen atoms in total. The van der Waals surface area contributed by atoms with E-state index in [1.54, 1.807) is 12.5 Å². The summed E-state index contributed by atoms with van der Waals surface area (Å²) in [5.41, 5.74) is 4.58. The molecule has 1 aliphatic heterocycles. The molecule has 29 heavy (non-hydrogen) atoms. The third kappa shape index (κ3) is 2.88. The minimum absolute atomic E-state index is 0.0214. The van der Waals surface area contributed by atoms with Crippen LogP contribution >= 0.6 is 0 Å². The number of amides is 1. The average Bonchev–Trinajstić information content (AvgIpc) is 3.36. The van der Waals surface area contributed by atoms with Crippen molar-refractivity contribution in [3.05, 3.63) is 59.7 Å². The van der Waals surface area contributed by atoms with Crippen LogP contribution in [0, 0.1) is 0 Å². The van der Waals surface area contributed by atoms with Crippen molar-refractivity contribution < 1.29 is 4.79 Å². The highest BCUT2D eigenvalue weighted by Crippen LogP contribution is 2.29. The van der Waals surface area contributed by atoms with Crippen LogP contribution in [-0.2, 0) is 26.6 Å². The second-order valence-electron chi connectivity index (χ2n) is 7.23. The number of benzene rings is 1. The van der Waals surface area contributed by atoms with Gasteiger partial charge in [-0.25, -0.2) is 0 Å². The molecule has 4 aromatic rings. The van der Waals surface area contributed by atoms with E-state index in [4.69, 9.17) is 5.10 Å². The first-order valence-corrected chi connectivity index (χ1v) is 9.72. The molecule has 146 valence electrons. The van der Waals surface area contributed by atoms with E-state index in [9.17, 15) is 4.79 Å². The van der Waals surface area contributed by atoms with E-state index >= 15 is 0 Å². The van der Waals surface area contributed by atoms with Gasteiger partial charge in [0, 0.05) is 55.0 Å². The normalized spacial score (nSPS) is 13.7. The minimum Gasteiger partial charge on any atom is -0.334 e. The van der Waals surface area contributed by atoms with Crippen molar-refractivity contribution in [3.8, 4) is 11.5 Å². The Morgan fingerprint density at radius 2 is 2.14 bits per heavy atom. The molecule has 4 heterocycles. The number of fused-ring (bicyclic) bond motifs is 2. The smallest absolute Gasteiger partial charge is 0.254 e. The Kier molecular flexibility index (Phi) is 4.12. The van der Waals surface area contributed by atoms with E-state index < -0.39 is 0 Å². The summed E-state index contributed by atoms with van der Waals surface area (Å²) >= 11 is 0. The maximum Gasteiger partial charge on any atom is 0.254 e. The monoisotopic (exact) mass is 387 g/mol. The molecule has 0 unspecified atom stereocenters. The summed E-state index contributed by atoms with van der Waals surface area (Å²) in [5, 5.41) is 14.0. The molecule has 0 radical (unpaired) electrons. The Labute approximate surface area is 167 Å². The zero-order chi connectivity index (χ0) is 20.0. The molecular weight excluding hydrogens is 366 g/mol. The number of pyridine rings is 1. The Bertz CT molecular complexity index is 1220. The fourth-order valence-electron chi connectivity index (χ4n) is 4.01. The Morgan fingerprint density at radius 1 is 1.24 bits per heavy atom. The van der Waals surface area contributed by atoms with E-state index in [0.717, 1.165) is 46.6 Å². The van der Waals surface area contributed by atoms with E-state index in [2.05, 4.69) is 15.2 Å². The lowest BCUT2D eigenvalue weighted by atomic mass is 10.0. The molecule has 0 saturated carbocycles. The molecule has 0 fully saturated rings. The topological polar surface area (TPSA) is 81.7 Å². The van der Waals surface area contributed by atoms with Gasteiger partial charge in [0.25, 0.3) is 5.91 Å². The van der Waals surface area contributed by atoms with Crippen molar-refractivity contribution in [1.82, 2.24) is 34.4 Å². The summed E-state index contributed by atoms with van der Waals surface area (Å²) in [5.74, 6) is 0.767. The largest absolute Gasteiger partial charge is 0.334 e. The van der Waals surface area contributed by atoms with Crippen LogP contribution in [0.1, 0.15) is 28.5 Å². The minimum atomic E-state index is 0.0214. The van der Waals surface area contributed by atoms with Crippen molar-refractivity contribution in [2.45, 2.75) is 26.4 Å². The molecule has 1 aromatic carbocycles. The van der Waals surface area contributed by atoms with Crippen LogP contribution in [0.3, 0.4) is 0 Å². The number of hydrogen-bond acceptors (Lipinski definition) is 5. The third-order valence-corrected chi connectivity index (χ3v) is 5.55.